The van der Waals surface area contributed by atoms with Crippen molar-refractivity contribution in [3.8, 4) is 23.0 Å². The molecule has 6 nitrogen and oxygen atoms in total. The fraction of sp³-hybridized carbons (Fsp3) is 0.625. The molecule has 0 spiro atoms. The van der Waals surface area contributed by atoms with Crippen molar-refractivity contribution in [1.82, 2.24) is 9.80 Å². The minimum atomic E-state index is 0.648. The number of nitrogens with zero attached hydrogens (tertiary/aromatic N) is 2. The maximum Gasteiger partial charge on any atom is 0.160 e. The molecule has 2 saturated heterocycles. The highest BCUT2D eigenvalue weighted by molar-refractivity contribution is 5.44. The van der Waals surface area contributed by atoms with E-state index in [2.05, 4.69) is 34.1 Å². The van der Waals surface area contributed by atoms with E-state index in [-0.39, 0.29) is 0 Å². The molecule has 2 heterocycles. The fourth-order valence-electron chi connectivity index (χ4n) is 6.38. The Morgan fingerprint density at radius 2 is 1.00 bits per heavy atom. The van der Waals surface area contributed by atoms with Crippen LogP contribution in [0.2, 0.25) is 0 Å². The Morgan fingerprint density at radius 1 is 0.579 bits per heavy atom. The van der Waals surface area contributed by atoms with E-state index < -0.39 is 0 Å². The Kier molecular flexibility index (Phi) is 11.0. The van der Waals surface area contributed by atoms with Crippen LogP contribution in [0.4, 0.5) is 0 Å². The third-order valence-corrected chi connectivity index (χ3v) is 8.48. The molecule has 0 N–H and O–H groups in total. The number of ether oxygens (including phenoxy) is 4. The standard InChI is InChI=1S/C32H48N2O4/c1-35-29-15-13-25(23-31(29)37-3)21-27-11-9-19-33(27)17-7-5-6-8-18-34-20-10-12-28(34)22-26-14-16-30(36-2)32(24-26)38-4/h13-16,23-24,27-28H,5-12,17-22H2,1-4H3/t27-,28-/m1/s1. The number of benzene rings is 2. The van der Waals surface area contributed by atoms with Crippen molar-refractivity contribution in [2.75, 3.05) is 54.6 Å². The predicted molar refractivity (Wildman–Crippen MR) is 154 cm³/mol. The minimum absolute atomic E-state index is 0.648. The Morgan fingerprint density at radius 3 is 1.39 bits per heavy atom. The Hall–Kier alpha value is -2.44. The molecule has 0 bridgehead atoms. The lowest BCUT2D eigenvalue weighted by atomic mass is 10.0. The van der Waals surface area contributed by atoms with Gasteiger partial charge in [-0.3, -0.25) is 0 Å². The average molecular weight is 525 g/mol. The highest BCUT2D eigenvalue weighted by Gasteiger charge is 2.26. The van der Waals surface area contributed by atoms with E-state index in [0.717, 1.165) is 35.8 Å². The predicted octanol–water partition coefficient (Wildman–Crippen LogP) is 6.00. The first kappa shape index (κ1) is 28.6. The van der Waals surface area contributed by atoms with E-state index in [1.165, 1.54) is 88.7 Å². The zero-order valence-electron chi connectivity index (χ0n) is 24.0. The molecule has 6 heteroatoms. The summed E-state index contributed by atoms with van der Waals surface area (Å²) in [4.78, 5) is 5.44. The van der Waals surface area contributed by atoms with Crippen molar-refractivity contribution in [2.24, 2.45) is 0 Å². The normalized spacial score (nSPS) is 20.1. The molecule has 0 radical (unpaired) electrons. The summed E-state index contributed by atoms with van der Waals surface area (Å²) < 4.78 is 21.8. The summed E-state index contributed by atoms with van der Waals surface area (Å²) in [6.45, 7) is 4.93. The molecule has 2 aliphatic rings. The summed E-state index contributed by atoms with van der Waals surface area (Å²) in [6.07, 6.45) is 12.7. The molecule has 4 rings (SSSR count). The molecule has 0 saturated carbocycles. The van der Waals surface area contributed by atoms with Gasteiger partial charge < -0.3 is 28.7 Å². The number of hydrogen-bond acceptors (Lipinski definition) is 6. The van der Waals surface area contributed by atoms with Gasteiger partial charge in [-0.25, -0.2) is 0 Å². The average Bonchev–Trinajstić information content (AvgIpc) is 3.59. The molecule has 38 heavy (non-hydrogen) atoms. The SMILES string of the molecule is COc1ccc(C[C@H]2CCCN2CCCCCCN2CCC[C@@H]2Cc2ccc(OC)c(OC)c2)cc1OC. The van der Waals surface area contributed by atoms with Crippen molar-refractivity contribution in [3.63, 3.8) is 0 Å². The summed E-state index contributed by atoms with van der Waals surface area (Å²) in [6, 6.07) is 14.0. The Labute approximate surface area is 230 Å². The number of hydrogen-bond donors (Lipinski definition) is 0. The smallest absolute Gasteiger partial charge is 0.160 e. The summed E-state index contributed by atoms with van der Waals surface area (Å²) in [5.74, 6) is 3.28. The third-order valence-electron chi connectivity index (χ3n) is 8.48. The zero-order valence-corrected chi connectivity index (χ0v) is 24.0. The molecule has 2 aromatic rings. The van der Waals surface area contributed by atoms with E-state index in [9.17, 15) is 0 Å². The summed E-state index contributed by atoms with van der Waals surface area (Å²) in [5, 5.41) is 0. The second-order valence-corrected chi connectivity index (χ2v) is 10.9. The van der Waals surface area contributed by atoms with Gasteiger partial charge in [0.1, 0.15) is 0 Å². The maximum atomic E-state index is 5.51. The summed E-state index contributed by atoms with van der Waals surface area (Å²) in [5.41, 5.74) is 2.68. The van der Waals surface area contributed by atoms with Gasteiger partial charge in [0, 0.05) is 12.1 Å². The van der Waals surface area contributed by atoms with E-state index in [1.54, 1.807) is 28.4 Å². The van der Waals surface area contributed by atoms with Crippen LogP contribution in [-0.2, 0) is 12.8 Å². The van der Waals surface area contributed by atoms with Gasteiger partial charge in [-0.1, -0.05) is 25.0 Å². The van der Waals surface area contributed by atoms with Crippen LogP contribution in [0.5, 0.6) is 23.0 Å². The first-order valence-electron chi connectivity index (χ1n) is 14.5. The second-order valence-electron chi connectivity index (χ2n) is 10.9. The van der Waals surface area contributed by atoms with Crippen LogP contribution in [0.1, 0.15) is 62.5 Å². The van der Waals surface area contributed by atoms with Crippen LogP contribution >= 0.6 is 0 Å². The number of unbranched alkanes of at least 4 members (excludes halogenated alkanes) is 3. The van der Waals surface area contributed by atoms with E-state index >= 15 is 0 Å². The molecule has 0 aliphatic carbocycles. The monoisotopic (exact) mass is 524 g/mol. The first-order chi connectivity index (χ1) is 18.6. The minimum Gasteiger partial charge on any atom is -0.493 e. The lowest BCUT2D eigenvalue weighted by Gasteiger charge is -2.26. The van der Waals surface area contributed by atoms with Crippen molar-refractivity contribution in [2.45, 2.75) is 76.3 Å². The van der Waals surface area contributed by atoms with Gasteiger partial charge in [0.05, 0.1) is 28.4 Å². The van der Waals surface area contributed by atoms with Crippen LogP contribution in [0.25, 0.3) is 0 Å². The number of methoxy groups -OCH3 is 4. The molecule has 2 aliphatic heterocycles. The molecule has 2 aromatic carbocycles. The molecule has 0 unspecified atom stereocenters. The van der Waals surface area contributed by atoms with Crippen LogP contribution in [0.3, 0.4) is 0 Å². The molecular weight excluding hydrogens is 476 g/mol. The zero-order chi connectivity index (χ0) is 26.7. The molecule has 2 fully saturated rings. The summed E-state index contributed by atoms with van der Waals surface area (Å²) >= 11 is 0. The van der Waals surface area contributed by atoms with E-state index in [1.807, 2.05) is 12.1 Å². The van der Waals surface area contributed by atoms with Gasteiger partial charge in [0.25, 0.3) is 0 Å². The highest BCUT2D eigenvalue weighted by atomic mass is 16.5. The molecule has 210 valence electrons. The van der Waals surface area contributed by atoms with Crippen LogP contribution in [0, 0.1) is 0 Å². The topological polar surface area (TPSA) is 43.4 Å². The van der Waals surface area contributed by atoms with Crippen molar-refractivity contribution in [3.05, 3.63) is 47.5 Å². The molecule has 2 atom stereocenters. The highest BCUT2D eigenvalue weighted by Crippen LogP contribution is 2.31. The first-order valence-corrected chi connectivity index (χ1v) is 14.5. The van der Waals surface area contributed by atoms with Crippen LogP contribution < -0.4 is 18.9 Å². The summed E-state index contributed by atoms with van der Waals surface area (Å²) in [7, 11) is 6.82. The van der Waals surface area contributed by atoms with Crippen LogP contribution in [0.15, 0.2) is 36.4 Å². The van der Waals surface area contributed by atoms with Crippen LogP contribution in [-0.4, -0.2) is 76.5 Å². The van der Waals surface area contributed by atoms with Gasteiger partial charge in [-0.2, -0.15) is 0 Å². The van der Waals surface area contributed by atoms with Crippen molar-refractivity contribution >= 4 is 0 Å². The van der Waals surface area contributed by atoms with E-state index in [4.69, 9.17) is 18.9 Å². The van der Waals surface area contributed by atoms with Crippen molar-refractivity contribution < 1.29 is 18.9 Å². The molecule has 0 amide bonds. The largest absolute Gasteiger partial charge is 0.493 e. The third kappa shape index (κ3) is 7.57. The second kappa shape index (κ2) is 14.6. The Bertz CT molecular complexity index is 918. The maximum absolute atomic E-state index is 5.51. The van der Waals surface area contributed by atoms with Gasteiger partial charge in [-0.05, 0) is 113 Å². The van der Waals surface area contributed by atoms with Gasteiger partial charge in [-0.15, -0.1) is 0 Å². The van der Waals surface area contributed by atoms with E-state index in [0.29, 0.717) is 12.1 Å². The van der Waals surface area contributed by atoms with Crippen molar-refractivity contribution in [1.29, 1.82) is 0 Å². The van der Waals surface area contributed by atoms with Gasteiger partial charge in [0.15, 0.2) is 23.0 Å². The lowest BCUT2D eigenvalue weighted by Crippen LogP contribution is -2.32. The fourth-order valence-corrected chi connectivity index (χ4v) is 6.38. The molecule has 0 aromatic heterocycles. The van der Waals surface area contributed by atoms with Gasteiger partial charge >= 0.3 is 0 Å². The van der Waals surface area contributed by atoms with Gasteiger partial charge in [0.2, 0.25) is 0 Å². The Balaban J connectivity index is 1.15. The lowest BCUT2D eigenvalue weighted by molar-refractivity contribution is 0.236. The quantitative estimate of drug-likeness (QED) is 0.267. The molecular formula is C32H48N2O4. The number of rotatable bonds is 15. The number of likely N-dealkylation sites (tertiary alicyclic amines) is 2.